The second-order valence-corrected chi connectivity index (χ2v) is 9.04. The Morgan fingerprint density at radius 1 is 1.00 bits per heavy atom. The largest absolute Gasteiger partial charge is 0.354 e. The first kappa shape index (κ1) is 27.6. The van der Waals surface area contributed by atoms with E-state index in [1.54, 1.807) is 0 Å². The molecule has 0 aliphatic heterocycles. The summed E-state index contributed by atoms with van der Waals surface area (Å²) in [5.41, 5.74) is 2.84. The lowest BCUT2D eigenvalue weighted by Crippen LogP contribution is -2.54. The van der Waals surface area contributed by atoms with Gasteiger partial charge in [0, 0.05) is 20.1 Å². The molecule has 0 aromatic heterocycles. The first-order chi connectivity index (χ1) is 16.6. The van der Waals surface area contributed by atoms with Crippen molar-refractivity contribution in [3.63, 3.8) is 0 Å². The van der Waals surface area contributed by atoms with E-state index in [9.17, 15) is 9.59 Å². The Morgan fingerprint density at radius 2 is 1.65 bits per heavy atom. The minimum atomic E-state index is -0.414. The highest BCUT2D eigenvalue weighted by Gasteiger charge is 2.37. The molecule has 1 unspecified atom stereocenters. The van der Waals surface area contributed by atoms with Crippen molar-refractivity contribution in [1.82, 2.24) is 10.2 Å². The minimum absolute atomic E-state index is 0. The Morgan fingerprint density at radius 3 is 2.29 bits per heavy atom. The van der Waals surface area contributed by atoms with Crippen molar-refractivity contribution in [3.05, 3.63) is 71.3 Å². The fraction of sp³-hybridized carbons (Fsp3) is 0.533. The molecule has 1 saturated carbocycles. The average molecular weight is 467 g/mol. The number of amides is 2. The van der Waals surface area contributed by atoms with Crippen LogP contribution in [0.5, 0.6) is 0 Å². The second kappa shape index (κ2) is 15.3. The Balaban J connectivity index is 0.00000199. The number of hydrogen-bond donors (Lipinski definition) is 1. The Hall–Kier alpha value is -2.62. The van der Waals surface area contributed by atoms with Crippen molar-refractivity contribution in [1.29, 1.82) is 0 Å². The van der Waals surface area contributed by atoms with E-state index in [0.29, 0.717) is 18.7 Å². The zero-order valence-electron chi connectivity index (χ0n) is 21.7. The molecule has 1 fully saturated rings. The van der Waals surface area contributed by atoms with Gasteiger partial charge >= 0.3 is 0 Å². The van der Waals surface area contributed by atoms with Crippen LogP contribution in [0.15, 0.2) is 54.6 Å². The lowest BCUT2D eigenvalue weighted by Gasteiger charge is -2.38. The van der Waals surface area contributed by atoms with Gasteiger partial charge in [0.05, 0.1) is 0 Å². The van der Waals surface area contributed by atoms with Gasteiger partial charge in [-0.25, -0.2) is 0 Å². The number of nitrogens with zero attached hydrogens (tertiary/aromatic N) is 1. The molecule has 3 rings (SSSR count). The highest BCUT2D eigenvalue weighted by Crippen LogP contribution is 2.30. The highest BCUT2D eigenvalue weighted by molar-refractivity contribution is 5.98. The summed E-state index contributed by atoms with van der Waals surface area (Å²) < 4.78 is 0. The van der Waals surface area contributed by atoms with E-state index in [2.05, 4.69) is 24.4 Å². The molecule has 1 aliphatic rings. The molecule has 2 aromatic carbocycles. The number of hydrogen-bond acceptors (Lipinski definition) is 2. The molecule has 4 nitrogen and oxygen atoms in total. The van der Waals surface area contributed by atoms with Gasteiger partial charge in [0.25, 0.3) is 5.91 Å². The zero-order chi connectivity index (χ0) is 24.8. The third-order valence-electron chi connectivity index (χ3n) is 6.65. The topological polar surface area (TPSA) is 49.4 Å². The summed E-state index contributed by atoms with van der Waals surface area (Å²) >= 11 is 0. The van der Waals surface area contributed by atoms with Gasteiger partial charge < -0.3 is 10.2 Å². The van der Waals surface area contributed by atoms with Crippen LogP contribution in [0.4, 0.5) is 0 Å². The molecule has 1 aliphatic carbocycles. The second-order valence-electron chi connectivity index (χ2n) is 9.04. The van der Waals surface area contributed by atoms with Gasteiger partial charge in [0.1, 0.15) is 6.04 Å². The summed E-state index contributed by atoms with van der Waals surface area (Å²) in [6, 6.07) is 17.6. The van der Waals surface area contributed by atoms with Crippen LogP contribution < -0.4 is 5.32 Å². The fourth-order valence-corrected chi connectivity index (χ4v) is 4.78. The highest BCUT2D eigenvalue weighted by atomic mass is 16.2. The third-order valence-corrected chi connectivity index (χ3v) is 6.65. The maximum absolute atomic E-state index is 13.9. The van der Waals surface area contributed by atoms with E-state index < -0.39 is 6.04 Å². The van der Waals surface area contributed by atoms with Crippen molar-refractivity contribution in [3.8, 4) is 0 Å². The molecule has 0 saturated heterocycles. The number of carbonyl (C=O) groups excluding carboxylic acids is 2. The van der Waals surface area contributed by atoms with E-state index in [-0.39, 0.29) is 19.2 Å². The number of carbonyl (C=O) groups is 2. The van der Waals surface area contributed by atoms with Gasteiger partial charge in [-0.1, -0.05) is 95.0 Å². The number of benzene rings is 2. The van der Waals surface area contributed by atoms with E-state index >= 15 is 0 Å². The fourth-order valence-electron chi connectivity index (χ4n) is 4.78. The molecule has 0 bridgehead atoms. The first-order valence-corrected chi connectivity index (χ1v) is 13.3. The Bertz CT molecular complexity index is 866. The van der Waals surface area contributed by atoms with Crippen LogP contribution in [-0.2, 0) is 11.2 Å². The molecular formula is C30H46N2O2. The molecule has 0 radical (unpaired) electrons. The predicted molar refractivity (Wildman–Crippen MR) is 144 cm³/mol. The summed E-state index contributed by atoms with van der Waals surface area (Å²) in [7, 11) is 0. The third kappa shape index (κ3) is 8.00. The summed E-state index contributed by atoms with van der Waals surface area (Å²) in [5.74, 6) is 0.203. The molecule has 34 heavy (non-hydrogen) atoms. The van der Waals surface area contributed by atoms with Crippen LogP contribution in [0.1, 0.15) is 88.6 Å². The molecule has 1 N–H and O–H groups in total. The molecule has 0 heterocycles. The number of rotatable bonds is 10. The van der Waals surface area contributed by atoms with E-state index in [4.69, 9.17) is 0 Å². The zero-order valence-corrected chi connectivity index (χ0v) is 21.7. The van der Waals surface area contributed by atoms with Crippen LogP contribution in [-0.4, -0.2) is 35.8 Å². The summed E-state index contributed by atoms with van der Waals surface area (Å²) in [6.45, 7) is 9.31. The first-order valence-electron chi connectivity index (χ1n) is 13.3. The van der Waals surface area contributed by atoms with Gasteiger partial charge in [0.15, 0.2) is 0 Å². The van der Waals surface area contributed by atoms with E-state index in [1.165, 1.54) is 12.0 Å². The maximum Gasteiger partial charge on any atom is 0.254 e. The smallest absolute Gasteiger partial charge is 0.254 e. The molecule has 4 heteroatoms. The van der Waals surface area contributed by atoms with Gasteiger partial charge in [-0.2, -0.15) is 0 Å². The van der Waals surface area contributed by atoms with Crippen LogP contribution in [0.3, 0.4) is 0 Å². The normalized spacial score (nSPS) is 14.5. The molecule has 0 spiro atoms. The van der Waals surface area contributed by atoms with Crippen molar-refractivity contribution < 1.29 is 11.0 Å². The van der Waals surface area contributed by atoms with Gasteiger partial charge in [-0.05, 0) is 55.7 Å². The predicted octanol–water partition coefficient (Wildman–Crippen LogP) is 6.82. The summed E-state index contributed by atoms with van der Waals surface area (Å²) in [4.78, 5) is 29.2. The van der Waals surface area contributed by atoms with Crippen molar-refractivity contribution >= 4 is 11.8 Å². The monoisotopic (exact) mass is 466 g/mol. The average Bonchev–Trinajstić information content (AvgIpc) is 2.89. The Labute approximate surface area is 208 Å². The van der Waals surface area contributed by atoms with Crippen LogP contribution in [0.25, 0.3) is 0 Å². The standard InChI is InChI=1S/C28H38N2O2.C2H6.H2/c1-3-4-20-29-27(31)26(24-16-9-6-10-17-24)30(21-19-23-14-7-5-8-15-23)28(32)25-18-12-11-13-22(25)2;1-2;/h5,7-8,11-15,18,24,26H,3-4,6,9-10,16-17,19-21H2,1-2H3,(H,29,31);1-2H3;1H. The van der Waals surface area contributed by atoms with Crippen molar-refractivity contribution in [2.75, 3.05) is 13.1 Å². The Kier molecular flexibility index (Phi) is 12.4. The van der Waals surface area contributed by atoms with Crippen LogP contribution in [0.2, 0.25) is 0 Å². The number of aryl methyl sites for hydroxylation is 1. The van der Waals surface area contributed by atoms with Crippen LogP contribution in [0, 0.1) is 12.8 Å². The summed E-state index contributed by atoms with van der Waals surface area (Å²) in [6.07, 6.45) is 8.24. The van der Waals surface area contributed by atoms with Crippen molar-refractivity contribution in [2.45, 2.75) is 85.1 Å². The number of nitrogens with one attached hydrogen (secondary N) is 1. The van der Waals surface area contributed by atoms with E-state index in [1.807, 2.05) is 68.1 Å². The van der Waals surface area contributed by atoms with Crippen molar-refractivity contribution in [2.24, 2.45) is 5.92 Å². The number of unbranched alkanes of at least 4 members (excludes halogenated alkanes) is 1. The van der Waals surface area contributed by atoms with E-state index in [0.717, 1.165) is 50.5 Å². The molecule has 2 amide bonds. The summed E-state index contributed by atoms with van der Waals surface area (Å²) in [5, 5.41) is 3.15. The van der Waals surface area contributed by atoms with Gasteiger partial charge in [-0.15, -0.1) is 0 Å². The molecular weight excluding hydrogens is 420 g/mol. The minimum Gasteiger partial charge on any atom is -0.354 e. The maximum atomic E-state index is 13.9. The SMILES string of the molecule is CC.CCCCNC(=O)C(C1CCCCC1)N(CCc1ccccc1)C(=O)c1ccccc1C.[HH]. The lowest BCUT2D eigenvalue weighted by atomic mass is 9.82. The molecule has 1 atom stereocenters. The molecule has 188 valence electrons. The quantitative estimate of drug-likeness (QED) is 0.391. The van der Waals surface area contributed by atoms with Crippen LogP contribution >= 0.6 is 0 Å². The lowest BCUT2D eigenvalue weighted by molar-refractivity contribution is -0.128. The van der Waals surface area contributed by atoms with Gasteiger partial charge in [-0.3, -0.25) is 9.59 Å². The van der Waals surface area contributed by atoms with Gasteiger partial charge in [0.2, 0.25) is 5.91 Å². The molecule has 2 aromatic rings.